The zero-order valence-electron chi connectivity index (χ0n) is 21.0. The maximum Gasteiger partial charge on any atom is 0.311 e. The Balaban J connectivity index is 3.25. The van der Waals surface area contributed by atoms with Gasteiger partial charge in [-0.3, -0.25) is 9.59 Å². The van der Waals surface area contributed by atoms with Crippen molar-refractivity contribution in [2.24, 2.45) is 10.8 Å². The molecular formula is C25H38O8. The van der Waals surface area contributed by atoms with E-state index < -0.39 is 40.6 Å². The predicted molar refractivity (Wildman–Crippen MR) is 122 cm³/mol. The molecule has 3 atom stereocenters. The summed E-state index contributed by atoms with van der Waals surface area (Å²) in [5.74, 6) is -1.02. The fraction of sp³-hybridized carbons (Fsp3) is 0.640. The van der Waals surface area contributed by atoms with E-state index in [4.69, 9.17) is 23.7 Å². The lowest BCUT2D eigenvalue weighted by Gasteiger charge is -2.38. The Morgan fingerprint density at radius 2 is 1.52 bits per heavy atom. The average molecular weight is 467 g/mol. The van der Waals surface area contributed by atoms with Gasteiger partial charge in [0.15, 0.2) is 18.0 Å². The van der Waals surface area contributed by atoms with Gasteiger partial charge in [0.25, 0.3) is 0 Å². The number of hydrogen-bond donors (Lipinski definition) is 0. The van der Waals surface area contributed by atoms with Crippen LogP contribution >= 0.6 is 0 Å². The molecule has 0 aromatic heterocycles. The highest BCUT2D eigenvalue weighted by atomic mass is 16.7. The summed E-state index contributed by atoms with van der Waals surface area (Å²) in [6.45, 7) is 11.4. The summed E-state index contributed by atoms with van der Waals surface area (Å²) < 4.78 is 27.9. The molecule has 186 valence electrons. The van der Waals surface area contributed by atoms with Crippen molar-refractivity contribution in [3.63, 3.8) is 0 Å². The number of methoxy groups -OCH3 is 1. The molecule has 0 radical (unpaired) electrons. The van der Waals surface area contributed by atoms with E-state index in [1.54, 1.807) is 41.5 Å². The van der Waals surface area contributed by atoms with Crippen molar-refractivity contribution in [2.45, 2.75) is 72.9 Å². The van der Waals surface area contributed by atoms with Crippen molar-refractivity contribution >= 4 is 18.2 Å². The summed E-state index contributed by atoms with van der Waals surface area (Å²) in [4.78, 5) is 37.3. The molecule has 0 fully saturated rings. The molecular weight excluding hydrogens is 428 g/mol. The smallest absolute Gasteiger partial charge is 0.311 e. The van der Waals surface area contributed by atoms with Gasteiger partial charge in [0.1, 0.15) is 19.5 Å². The molecule has 1 rings (SSSR count). The van der Waals surface area contributed by atoms with Crippen LogP contribution in [0.15, 0.2) is 30.3 Å². The van der Waals surface area contributed by atoms with Crippen LogP contribution in [-0.2, 0) is 44.7 Å². The summed E-state index contributed by atoms with van der Waals surface area (Å²) in [6.07, 6.45) is -1.64. The molecule has 8 heteroatoms. The first-order valence-electron chi connectivity index (χ1n) is 10.9. The summed E-state index contributed by atoms with van der Waals surface area (Å²) in [5.41, 5.74) is -2.29. The maximum absolute atomic E-state index is 12.7. The van der Waals surface area contributed by atoms with Crippen LogP contribution in [0, 0.1) is 10.8 Å². The van der Waals surface area contributed by atoms with Gasteiger partial charge in [0, 0.05) is 7.11 Å². The van der Waals surface area contributed by atoms with E-state index in [1.807, 2.05) is 30.3 Å². The number of hydrogen-bond acceptors (Lipinski definition) is 8. The topological polar surface area (TPSA) is 97.4 Å². The Morgan fingerprint density at radius 3 is 2.00 bits per heavy atom. The number of rotatable bonds is 12. The lowest BCUT2D eigenvalue weighted by molar-refractivity contribution is -0.220. The van der Waals surface area contributed by atoms with Crippen molar-refractivity contribution < 1.29 is 38.1 Å². The molecule has 0 heterocycles. The predicted octanol–water partition coefficient (Wildman–Crippen LogP) is 3.70. The Morgan fingerprint density at radius 1 is 0.939 bits per heavy atom. The minimum Gasteiger partial charge on any atom is -0.461 e. The van der Waals surface area contributed by atoms with Gasteiger partial charge in [-0.05, 0) is 54.0 Å². The minimum atomic E-state index is -1.54. The lowest BCUT2D eigenvalue weighted by atomic mass is 9.93. The fourth-order valence-corrected chi connectivity index (χ4v) is 2.65. The van der Waals surface area contributed by atoms with Crippen LogP contribution in [0.25, 0.3) is 0 Å². The summed E-state index contributed by atoms with van der Waals surface area (Å²) >= 11 is 0. The molecule has 0 saturated heterocycles. The first-order valence-corrected chi connectivity index (χ1v) is 10.9. The molecule has 1 aromatic rings. The average Bonchev–Trinajstić information content (AvgIpc) is 2.74. The number of carbonyl (C=O) groups is 3. The normalized spacial score (nSPS) is 15.8. The third-order valence-electron chi connectivity index (χ3n) is 4.76. The molecule has 0 saturated carbocycles. The van der Waals surface area contributed by atoms with Crippen molar-refractivity contribution in [3.05, 3.63) is 35.9 Å². The SMILES string of the molecule is COCO[C@H]([C@@H](COC(=O)C(C)(C)C)OC(=O)C(C)(C)C)[C@](C)(C=O)OCc1ccccc1. The van der Waals surface area contributed by atoms with Crippen LogP contribution in [0.5, 0.6) is 0 Å². The number of carbonyl (C=O) groups excluding carboxylic acids is 3. The van der Waals surface area contributed by atoms with Gasteiger partial charge in [0.2, 0.25) is 0 Å². The van der Waals surface area contributed by atoms with E-state index in [9.17, 15) is 14.4 Å². The molecule has 1 aromatic carbocycles. The first-order chi connectivity index (χ1) is 15.2. The molecule has 0 N–H and O–H groups in total. The highest BCUT2D eigenvalue weighted by molar-refractivity contribution is 5.76. The number of benzene rings is 1. The molecule has 0 spiro atoms. The highest BCUT2D eigenvalue weighted by Gasteiger charge is 2.45. The zero-order valence-corrected chi connectivity index (χ0v) is 21.0. The highest BCUT2D eigenvalue weighted by Crippen LogP contribution is 2.27. The Labute approximate surface area is 196 Å². The molecule has 0 aliphatic carbocycles. The van der Waals surface area contributed by atoms with Crippen LogP contribution in [0.3, 0.4) is 0 Å². The number of ether oxygens (including phenoxy) is 5. The quantitative estimate of drug-likeness (QED) is 0.261. The van der Waals surface area contributed by atoms with E-state index in [0.29, 0.717) is 6.29 Å². The van der Waals surface area contributed by atoms with Gasteiger partial charge in [-0.1, -0.05) is 30.3 Å². The molecule has 8 nitrogen and oxygen atoms in total. The van der Waals surface area contributed by atoms with Crippen LogP contribution in [-0.4, -0.2) is 56.5 Å². The second-order valence-corrected chi connectivity index (χ2v) is 10.1. The van der Waals surface area contributed by atoms with Gasteiger partial charge < -0.3 is 28.5 Å². The molecule has 0 unspecified atom stereocenters. The van der Waals surface area contributed by atoms with Crippen LogP contribution in [0.1, 0.15) is 54.0 Å². The summed E-state index contributed by atoms with van der Waals surface area (Å²) in [5, 5.41) is 0. The van der Waals surface area contributed by atoms with Crippen LogP contribution < -0.4 is 0 Å². The third-order valence-corrected chi connectivity index (χ3v) is 4.76. The van der Waals surface area contributed by atoms with Gasteiger partial charge in [-0.25, -0.2) is 0 Å². The molecule has 0 bridgehead atoms. The van der Waals surface area contributed by atoms with Gasteiger partial charge in [-0.2, -0.15) is 0 Å². The Hall–Kier alpha value is -2.29. The van der Waals surface area contributed by atoms with E-state index in [0.717, 1.165) is 5.56 Å². The van der Waals surface area contributed by atoms with Gasteiger partial charge in [-0.15, -0.1) is 0 Å². The Bertz CT molecular complexity index is 763. The van der Waals surface area contributed by atoms with Crippen molar-refractivity contribution in [1.29, 1.82) is 0 Å². The van der Waals surface area contributed by atoms with Crippen molar-refractivity contribution in [2.75, 3.05) is 20.5 Å². The lowest BCUT2D eigenvalue weighted by Crippen LogP contribution is -2.55. The number of esters is 2. The van der Waals surface area contributed by atoms with E-state index in [1.165, 1.54) is 14.0 Å². The fourth-order valence-electron chi connectivity index (χ4n) is 2.65. The summed E-state index contributed by atoms with van der Waals surface area (Å²) in [6, 6.07) is 9.31. The van der Waals surface area contributed by atoms with Crippen LogP contribution in [0.4, 0.5) is 0 Å². The zero-order chi connectivity index (χ0) is 25.3. The van der Waals surface area contributed by atoms with Gasteiger partial charge >= 0.3 is 11.9 Å². The third kappa shape index (κ3) is 9.23. The molecule has 0 aliphatic rings. The van der Waals surface area contributed by atoms with Crippen molar-refractivity contribution in [1.82, 2.24) is 0 Å². The van der Waals surface area contributed by atoms with Crippen LogP contribution in [0.2, 0.25) is 0 Å². The van der Waals surface area contributed by atoms with E-state index in [-0.39, 0.29) is 20.0 Å². The maximum atomic E-state index is 12.7. The van der Waals surface area contributed by atoms with Crippen molar-refractivity contribution in [3.8, 4) is 0 Å². The second kappa shape index (κ2) is 12.3. The number of aldehydes is 1. The molecule has 0 aliphatic heterocycles. The second-order valence-electron chi connectivity index (χ2n) is 10.1. The minimum absolute atomic E-state index is 0.116. The summed E-state index contributed by atoms with van der Waals surface area (Å²) in [7, 11) is 1.43. The van der Waals surface area contributed by atoms with Gasteiger partial charge in [0.05, 0.1) is 17.4 Å². The van der Waals surface area contributed by atoms with E-state index >= 15 is 0 Å². The molecule has 33 heavy (non-hydrogen) atoms. The van der Waals surface area contributed by atoms with E-state index in [2.05, 4.69) is 0 Å². The molecule has 0 amide bonds. The Kier molecular flexibility index (Phi) is 10.7. The monoisotopic (exact) mass is 466 g/mol. The largest absolute Gasteiger partial charge is 0.461 e. The first kappa shape index (κ1) is 28.7. The standard InChI is InChI=1S/C25H38O8/c1-23(2,3)21(27)30-15-19(33-22(28)24(4,5)6)20(31-17-29-8)25(7,16-26)32-14-18-12-10-9-11-13-18/h9-13,16,19-20H,14-15,17H2,1-8H3/t19-,20-,25+/m1/s1.